The number of nitrogens with zero attached hydrogens (tertiary/aromatic N) is 3. The molecule has 1 aliphatic heterocycles. The summed E-state index contributed by atoms with van der Waals surface area (Å²) < 4.78 is 16.1. The normalized spacial score (nSPS) is 15.4. The van der Waals surface area contributed by atoms with Gasteiger partial charge in [-0.2, -0.15) is 5.10 Å². The Bertz CT molecular complexity index is 846. The highest BCUT2D eigenvalue weighted by Crippen LogP contribution is 2.22. The van der Waals surface area contributed by atoms with Gasteiger partial charge in [0.2, 0.25) is 11.8 Å². The van der Waals surface area contributed by atoms with Crippen LogP contribution in [0.25, 0.3) is 5.69 Å². The predicted octanol–water partition coefficient (Wildman–Crippen LogP) is 2.97. The van der Waals surface area contributed by atoms with E-state index >= 15 is 0 Å². The van der Waals surface area contributed by atoms with Crippen molar-refractivity contribution in [3.63, 3.8) is 0 Å². The van der Waals surface area contributed by atoms with Gasteiger partial charge in [0, 0.05) is 24.3 Å². The van der Waals surface area contributed by atoms with Crippen LogP contribution in [0, 0.1) is 19.7 Å². The maximum atomic E-state index is 14.5. The monoisotopic (exact) mass is 358 g/mol. The van der Waals surface area contributed by atoms with Crippen LogP contribution >= 0.6 is 0 Å². The summed E-state index contributed by atoms with van der Waals surface area (Å²) in [7, 11) is 0. The molecule has 138 valence electrons. The summed E-state index contributed by atoms with van der Waals surface area (Å²) >= 11 is 0. The number of amides is 2. The highest BCUT2D eigenvalue weighted by molar-refractivity contribution is 5.97. The number of carbonyl (C=O) groups excluding carboxylic acids is 2. The SMILES string of the molecule is CCC(C(=O)Nc1ccc(-n2nc(C)cc2C)c(F)c1)N1CCCC1=O. The molecule has 1 aromatic heterocycles. The third-order valence-electron chi connectivity index (χ3n) is 4.63. The number of aromatic nitrogens is 2. The number of benzene rings is 1. The van der Waals surface area contributed by atoms with Crippen molar-refractivity contribution in [3.8, 4) is 5.69 Å². The summed E-state index contributed by atoms with van der Waals surface area (Å²) in [5.41, 5.74) is 2.33. The zero-order valence-corrected chi connectivity index (χ0v) is 15.3. The van der Waals surface area contributed by atoms with Gasteiger partial charge in [0.15, 0.2) is 5.82 Å². The number of nitrogens with one attached hydrogen (secondary N) is 1. The molecule has 1 unspecified atom stereocenters. The molecule has 6 nitrogen and oxygen atoms in total. The largest absolute Gasteiger partial charge is 0.331 e. The van der Waals surface area contributed by atoms with Crippen LogP contribution in [0.4, 0.5) is 10.1 Å². The van der Waals surface area contributed by atoms with Crippen molar-refractivity contribution in [2.75, 3.05) is 11.9 Å². The quantitative estimate of drug-likeness (QED) is 0.893. The van der Waals surface area contributed by atoms with Crippen molar-refractivity contribution in [3.05, 3.63) is 41.5 Å². The Balaban J connectivity index is 1.78. The second-order valence-corrected chi connectivity index (χ2v) is 6.61. The molecule has 0 bridgehead atoms. The smallest absolute Gasteiger partial charge is 0.247 e. The molecule has 0 aliphatic carbocycles. The van der Waals surface area contributed by atoms with Gasteiger partial charge in [-0.3, -0.25) is 9.59 Å². The van der Waals surface area contributed by atoms with E-state index in [9.17, 15) is 14.0 Å². The summed E-state index contributed by atoms with van der Waals surface area (Å²) in [5, 5.41) is 7.01. The van der Waals surface area contributed by atoms with E-state index in [1.807, 2.05) is 26.8 Å². The van der Waals surface area contributed by atoms with Crippen LogP contribution in [0.15, 0.2) is 24.3 Å². The molecule has 1 atom stereocenters. The van der Waals surface area contributed by atoms with Gasteiger partial charge in [-0.05, 0) is 51.0 Å². The maximum absolute atomic E-state index is 14.5. The lowest BCUT2D eigenvalue weighted by Crippen LogP contribution is -2.44. The third-order valence-corrected chi connectivity index (χ3v) is 4.63. The molecular formula is C19H23FN4O2. The first-order valence-electron chi connectivity index (χ1n) is 8.84. The van der Waals surface area contributed by atoms with Crippen LogP contribution in [-0.2, 0) is 9.59 Å². The van der Waals surface area contributed by atoms with Gasteiger partial charge in [0.05, 0.1) is 5.69 Å². The fourth-order valence-electron chi connectivity index (χ4n) is 3.40. The molecule has 0 spiro atoms. The van der Waals surface area contributed by atoms with Crippen molar-refractivity contribution in [1.82, 2.24) is 14.7 Å². The van der Waals surface area contributed by atoms with Crippen molar-refractivity contribution >= 4 is 17.5 Å². The van der Waals surface area contributed by atoms with Crippen molar-refractivity contribution in [2.45, 2.75) is 46.1 Å². The molecule has 26 heavy (non-hydrogen) atoms. The van der Waals surface area contributed by atoms with E-state index in [0.717, 1.165) is 17.8 Å². The lowest BCUT2D eigenvalue weighted by atomic mass is 10.1. The van der Waals surface area contributed by atoms with E-state index in [1.54, 1.807) is 17.0 Å². The number of aryl methyl sites for hydroxylation is 2. The Morgan fingerprint density at radius 1 is 1.35 bits per heavy atom. The molecule has 1 N–H and O–H groups in total. The first kappa shape index (κ1) is 18.1. The Hall–Kier alpha value is -2.70. The van der Waals surface area contributed by atoms with E-state index in [-0.39, 0.29) is 11.8 Å². The first-order chi connectivity index (χ1) is 12.4. The standard InChI is InChI=1S/C19H23FN4O2/c1-4-16(23-9-5-6-18(23)25)19(26)21-14-7-8-17(15(20)11-14)24-13(3)10-12(2)22-24/h7-8,10-11,16H,4-6,9H2,1-3H3,(H,21,26). The molecule has 7 heteroatoms. The summed E-state index contributed by atoms with van der Waals surface area (Å²) in [6.45, 7) is 6.16. The van der Waals surface area contributed by atoms with Crippen LogP contribution in [-0.4, -0.2) is 39.1 Å². The summed E-state index contributed by atoms with van der Waals surface area (Å²) in [6, 6.07) is 5.86. The second-order valence-electron chi connectivity index (χ2n) is 6.61. The van der Waals surface area contributed by atoms with Gasteiger partial charge >= 0.3 is 0 Å². The summed E-state index contributed by atoms with van der Waals surface area (Å²) in [5.74, 6) is -0.765. The number of hydrogen-bond donors (Lipinski definition) is 1. The van der Waals surface area contributed by atoms with E-state index in [0.29, 0.717) is 30.8 Å². The molecule has 2 heterocycles. The van der Waals surface area contributed by atoms with E-state index < -0.39 is 11.9 Å². The van der Waals surface area contributed by atoms with Crippen molar-refractivity contribution < 1.29 is 14.0 Å². The molecule has 0 saturated carbocycles. The highest BCUT2D eigenvalue weighted by Gasteiger charge is 2.31. The molecule has 1 aliphatic rings. The summed E-state index contributed by atoms with van der Waals surface area (Å²) in [6.07, 6.45) is 1.77. The first-order valence-corrected chi connectivity index (χ1v) is 8.84. The average Bonchev–Trinajstić information content (AvgIpc) is 3.14. The number of anilines is 1. The van der Waals surface area contributed by atoms with Crippen LogP contribution in [0.2, 0.25) is 0 Å². The second kappa shape index (κ2) is 7.27. The van der Waals surface area contributed by atoms with E-state index in [4.69, 9.17) is 0 Å². The molecule has 2 amide bonds. The molecular weight excluding hydrogens is 335 g/mol. The Morgan fingerprint density at radius 3 is 2.65 bits per heavy atom. The average molecular weight is 358 g/mol. The third kappa shape index (κ3) is 3.47. The lowest BCUT2D eigenvalue weighted by Gasteiger charge is -2.25. The van der Waals surface area contributed by atoms with Crippen LogP contribution in [0.5, 0.6) is 0 Å². The molecule has 1 fully saturated rings. The fourth-order valence-corrected chi connectivity index (χ4v) is 3.40. The number of halogens is 1. The molecule has 3 rings (SSSR count). The fraction of sp³-hybridized carbons (Fsp3) is 0.421. The Labute approximate surface area is 152 Å². The van der Waals surface area contributed by atoms with Crippen LogP contribution < -0.4 is 5.32 Å². The van der Waals surface area contributed by atoms with Gasteiger partial charge < -0.3 is 10.2 Å². The van der Waals surface area contributed by atoms with Crippen molar-refractivity contribution in [2.24, 2.45) is 0 Å². The van der Waals surface area contributed by atoms with E-state index in [1.165, 1.54) is 10.7 Å². The van der Waals surface area contributed by atoms with Crippen LogP contribution in [0.1, 0.15) is 37.6 Å². The zero-order chi connectivity index (χ0) is 18.8. The molecule has 0 radical (unpaired) electrons. The Kier molecular flexibility index (Phi) is 5.06. The number of likely N-dealkylation sites (tertiary alicyclic amines) is 1. The summed E-state index contributed by atoms with van der Waals surface area (Å²) in [4.78, 5) is 26.1. The highest BCUT2D eigenvalue weighted by atomic mass is 19.1. The number of rotatable bonds is 5. The van der Waals surface area contributed by atoms with Gasteiger partial charge in [0.1, 0.15) is 11.7 Å². The van der Waals surface area contributed by atoms with Gasteiger partial charge in [-0.25, -0.2) is 9.07 Å². The minimum atomic E-state index is -0.524. The number of hydrogen-bond acceptors (Lipinski definition) is 3. The number of carbonyl (C=O) groups is 2. The zero-order valence-electron chi connectivity index (χ0n) is 15.3. The van der Waals surface area contributed by atoms with Gasteiger partial charge in [0.25, 0.3) is 0 Å². The lowest BCUT2D eigenvalue weighted by molar-refractivity contribution is -0.135. The van der Waals surface area contributed by atoms with E-state index in [2.05, 4.69) is 10.4 Å². The van der Waals surface area contributed by atoms with Crippen molar-refractivity contribution in [1.29, 1.82) is 0 Å². The minimum absolute atomic E-state index is 0.00180. The molecule has 2 aromatic rings. The maximum Gasteiger partial charge on any atom is 0.247 e. The Morgan fingerprint density at radius 2 is 2.12 bits per heavy atom. The topological polar surface area (TPSA) is 67.2 Å². The minimum Gasteiger partial charge on any atom is -0.331 e. The van der Waals surface area contributed by atoms with Gasteiger partial charge in [-0.15, -0.1) is 0 Å². The van der Waals surface area contributed by atoms with Crippen LogP contribution in [0.3, 0.4) is 0 Å². The molecule has 1 aromatic carbocycles. The molecule has 1 saturated heterocycles. The van der Waals surface area contributed by atoms with Gasteiger partial charge in [-0.1, -0.05) is 6.92 Å². The predicted molar refractivity (Wildman–Crippen MR) is 96.7 cm³/mol.